The first-order chi connectivity index (χ1) is 6.57. The van der Waals surface area contributed by atoms with Gasteiger partial charge in [0.1, 0.15) is 0 Å². The molecule has 0 saturated heterocycles. The van der Waals surface area contributed by atoms with E-state index in [1.54, 1.807) is 0 Å². The van der Waals surface area contributed by atoms with E-state index in [-0.39, 0.29) is 18.0 Å². The molecule has 2 nitrogen and oxygen atoms in total. The standard InChI is InChI=1S/C9H18F4N2/c1-8(2,3)6(14)4-15-5-9(12,13)7(10)11/h6-7,15H,4-5,14H2,1-3H3. The predicted octanol–water partition coefficient (Wildman–Crippen LogP) is 1.85. The molecule has 0 aliphatic heterocycles. The third-order valence-electron chi connectivity index (χ3n) is 2.16. The molecule has 0 radical (unpaired) electrons. The minimum Gasteiger partial charge on any atom is -0.326 e. The van der Waals surface area contributed by atoms with E-state index in [1.165, 1.54) is 0 Å². The Hall–Kier alpha value is -0.360. The first-order valence-electron chi connectivity index (χ1n) is 4.69. The molecule has 0 rings (SSSR count). The fourth-order valence-electron chi connectivity index (χ4n) is 0.778. The van der Waals surface area contributed by atoms with Crippen LogP contribution in [-0.4, -0.2) is 31.5 Å². The maximum absolute atomic E-state index is 12.4. The number of nitrogens with one attached hydrogen (secondary N) is 1. The van der Waals surface area contributed by atoms with Crippen LogP contribution in [0.15, 0.2) is 0 Å². The van der Waals surface area contributed by atoms with E-state index in [0.717, 1.165) is 0 Å². The Balaban J connectivity index is 3.90. The zero-order valence-electron chi connectivity index (χ0n) is 9.16. The Morgan fingerprint density at radius 3 is 2.00 bits per heavy atom. The molecule has 0 aliphatic rings. The van der Waals surface area contributed by atoms with Gasteiger partial charge in [-0.3, -0.25) is 0 Å². The Morgan fingerprint density at radius 1 is 1.20 bits per heavy atom. The van der Waals surface area contributed by atoms with Crippen molar-refractivity contribution in [3.8, 4) is 0 Å². The minimum atomic E-state index is -3.99. The molecular formula is C9H18F4N2. The van der Waals surface area contributed by atoms with Crippen LogP contribution >= 0.6 is 0 Å². The summed E-state index contributed by atoms with van der Waals surface area (Å²) in [6, 6.07) is -0.356. The molecule has 0 bridgehead atoms. The monoisotopic (exact) mass is 230 g/mol. The summed E-state index contributed by atoms with van der Waals surface area (Å²) in [5.74, 6) is -3.99. The Bertz CT molecular complexity index is 189. The molecule has 1 atom stereocenters. The molecule has 0 fully saturated rings. The van der Waals surface area contributed by atoms with E-state index < -0.39 is 18.9 Å². The third-order valence-corrected chi connectivity index (χ3v) is 2.16. The molecule has 0 heterocycles. The van der Waals surface area contributed by atoms with Crippen LogP contribution in [0.1, 0.15) is 20.8 Å². The maximum atomic E-state index is 12.4. The van der Waals surface area contributed by atoms with Gasteiger partial charge in [0, 0.05) is 12.6 Å². The first-order valence-corrected chi connectivity index (χ1v) is 4.69. The van der Waals surface area contributed by atoms with Gasteiger partial charge in [-0.1, -0.05) is 20.8 Å². The van der Waals surface area contributed by atoms with Crippen molar-refractivity contribution < 1.29 is 17.6 Å². The predicted molar refractivity (Wildman–Crippen MR) is 51.3 cm³/mol. The van der Waals surface area contributed by atoms with E-state index in [1.807, 2.05) is 20.8 Å². The zero-order chi connectivity index (χ0) is 12.3. The molecule has 0 amide bonds. The highest BCUT2D eigenvalue weighted by Gasteiger charge is 2.40. The van der Waals surface area contributed by atoms with E-state index in [4.69, 9.17) is 5.73 Å². The van der Waals surface area contributed by atoms with Crippen molar-refractivity contribution in [3.63, 3.8) is 0 Å². The Morgan fingerprint density at radius 2 is 1.67 bits per heavy atom. The topological polar surface area (TPSA) is 38.0 Å². The van der Waals surface area contributed by atoms with Crippen LogP contribution in [0.5, 0.6) is 0 Å². The minimum absolute atomic E-state index is 0.0891. The van der Waals surface area contributed by atoms with Gasteiger partial charge >= 0.3 is 12.3 Å². The summed E-state index contributed by atoms with van der Waals surface area (Å²) in [5.41, 5.74) is 5.42. The summed E-state index contributed by atoms with van der Waals surface area (Å²) >= 11 is 0. The number of alkyl halides is 4. The average Bonchev–Trinajstić information content (AvgIpc) is 2.01. The van der Waals surface area contributed by atoms with Crippen LogP contribution in [-0.2, 0) is 0 Å². The highest BCUT2D eigenvalue weighted by Crippen LogP contribution is 2.22. The molecule has 1 unspecified atom stereocenters. The van der Waals surface area contributed by atoms with Crippen molar-refractivity contribution >= 4 is 0 Å². The van der Waals surface area contributed by atoms with Gasteiger partial charge in [0.25, 0.3) is 0 Å². The van der Waals surface area contributed by atoms with Gasteiger partial charge in [-0.25, -0.2) is 8.78 Å². The van der Waals surface area contributed by atoms with Crippen LogP contribution in [0.4, 0.5) is 17.6 Å². The molecule has 0 aromatic carbocycles. The first kappa shape index (κ1) is 14.6. The van der Waals surface area contributed by atoms with Gasteiger partial charge < -0.3 is 11.1 Å². The van der Waals surface area contributed by atoms with Crippen LogP contribution in [0, 0.1) is 5.41 Å². The molecule has 6 heteroatoms. The molecular weight excluding hydrogens is 212 g/mol. The molecule has 0 aromatic rings. The molecule has 3 N–H and O–H groups in total. The van der Waals surface area contributed by atoms with E-state index >= 15 is 0 Å². The molecule has 0 saturated carbocycles. The van der Waals surface area contributed by atoms with Crippen molar-refractivity contribution in [1.29, 1.82) is 0 Å². The summed E-state index contributed by atoms with van der Waals surface area (Å²) < 4.78 is 48.4. The molecule has 0 aromatic heterocycles. The van der Waals surface area contributed by atoms with Gasteiger partial charge in [0.05, 0.1) is 6.54 Å². The van der Waals surface area contributed by atoms with Gasteiger partial charge in [-0.05, 0) is 5.41 Å². The van der Waals surface area contributed by atoms with Crippen LogP contribution < -0.4 is 11.1 Å². The third kappa shape index (κ3) is 5.32. The van der Waals surface area contributed by atoms with Gasteiger partial charge in [0.2, 0.25) is 0 Å². The number of rotatable bonds is 5. The lowest BCUT2D eigenvalue weighted by molar-refractivity contribution is -0.125. The lowest BCUT2D eigenvalue weighted by atomic mass is 9.87. The lowest BCUT2D eigenvalue weighted by Gasteiger charge is -2.28. The average molecular weight is 230 g/mol. The lowest BCUT2D eigenvalue weighted by Crippen LogP contribution is -2.47. The van der Waals surface area contributed by atoms with Crippen LogP contribution in [0.25, 0.3) is 0 Å². The molecule has 0 spiro atoms. The van der Waals surface area contributed by atoms with Crippen molar-refractivity contribution in [2.24, 2.45) is 11.1 Å². The SMILES string of the molecule is CC(C)(C)C(N)CNCC(F)(F)C(F)F. The summed E-state index contributed by atoms with van der Waals surface area (Å²) in [6.07, 6.45) is -3.64. The normalized spacial score (nSPS) is 15.8. The number of hydrogen-bond donors (Lipinski definition) is 2. The van der Waals surface area contributed by atoms with Gasteiger partial charge in [-0.2, -0.15) is 8.78 Å². The highest BCUT2D eigenvalue weighted by molar-refractivity contribution is 4.81. The van der Waals surface area contributed by atoms with Crippen molar-refractivity contribution in [3.05, 3.63) is 0 Å². The largest absolute Gasteiger partial charge is 0.326 e. The molecule has 0 aliphatic carbocycles. The van der Waals surface area contributed by atoms with Gasteiger partial charge in [0.15, 0.2) is 0 Å². The van der Waals surface area contributed by atoms with Crippen molar-refractivity contribution in [1.82, 2.24) is 5.32 Å². The van der Waals surface area contributed by atoms with E-state index in [2.05, 4.69) is 5.32 Å². The fourth-order valence-corrected chi connectivity index (χ4v) is 0.778. The smallest absolute Gasteiger partial charge is 0.319 e. The second-order valence-electron chi connectivity index (χ2n) is 4.67. The van der Waals surface area contributed by atoms with Crippen molar-refractivity contribution in [2.75, 3.05) is 13.1 Å². The van der Waals surface area contributed by atoms with Crippen LogP contribution in [0.2, 0.25) is 0 Å². The quantitative estimate of drug-likeness (QED) is 0.707. The maximum Gasteiger partial charge on any atom is 0.319 e. The highest BCUT2D eigenvalue weighted by atomic mass is 19.3. The Kier molecular flexibility index (Phi) is 4.99. The summed E-state index contributed by atoms with van der Waals surface area (Å²) in [6.45, 7) is 4.60. The van der Waals surface area contributed by atoms with Gasteiger partial charge in [-0.15, -0.1) is 0 Å². The summed E-state index contributed by atoms with van der Waals surface area (Å²) in [4.78, 5) is 0. The zero-order valence-corrected chi connectivity index (χ0v) is 9.16. The summed E-state index contributed by atoms with van der Waals surface area (Å²) in [5, 5.41) is 2.26. The molecule has 15 heavy (non-hydrogen) atoms. The second-order valence-corrected chi connectivity index (χ2v) is 4.67. The van der Waals surface area contributed by atoms with E-state index in [0.29, 0.717) is 0 Å². The number of hydrogen-bond acceptors (Lipinski definition) is 2. The second kappa shape index (κ2) is 5.12. The fraction of sp³-hybridized carbons (Fsp3) is 1.00. The van der Waals surface area contributed by atoms with Crippen molar-refractivity contribution in [2.45, 2.75) is 39.2 Å². The van der Waals surface area contributed by atoms with E-state index in [9.17, 15) is 17.6 Å². The molecule has 92 valence electrons. The summed E-state index contributed by atoms with van der Waals surface area (Å²) in [7, 11) is 0. The van der Waals surface area contributed by atoms with Crippen LogP contribution in [0.3, 0.4) is 0 Å². The number of nitrogens with two attached hydrogens (primary N) is 1. The Labute approximate surface area is 87.2 Å². The number of halogens is 4.